The van der Waals surface area contributed by atoms with E-state index in [-0.39, 0.29) is 0 Å². The molecule has 0 unspecified atom stereocenters. The van der Waals surface area contributed by atoms with Crippen LogP contribution < -0.4 is 4.74 Å². The van der Waals surface area contributed by atoms with Crippen molar-refractivity contribution >= 4 is 10.8 Å². The molecule has 0 aliphatic carbocycles. The lowest BCUT2D eigenvalue weighted by Gasteiger charge is -2.14. The molecular weight excluding hydrogens is 232 g/mol. The number of hydrogen-bond donors (Lipinski definition) is 0. The van der Waals surface area contributed by atoms with E-state index in [1.54, 1.807) is 7.11 Å². The van der Waals surface area contributed by atoms with E-state index in [1.165, 1.54) is 21.9 Å². The van der Waals surface area contributed by atoms with Crippen LogP contribution in [0.25, 0.3) is 21.9 Å². The van der Waals surface area contributed by atoms with E-state index < -0.39 is 0 Å². The average molecular weight is 248 g/mol. The average Bonchev–Trinajstić information content (AvgIpc) is 2.47. The molecule has 0 aliphatic rings. The van der Waals surface area contributed by atoms with Crippen molar-refractivity contribution in [1.29, 1.82) is 0 Å². The summed E-state index contributed by atoms with van der Waals surface area (Å²) in [7, 11) is 1.72. The molecule has 0 saturated heterocycles. The Morgan fingerprint density at radius 3 is 2.37 bits per heavy atom. The highest BCUT2D eigenvalue weighted by Gasteiger charge is 2.11. The molecular formula is C18H16O. The fourth-order valence-corrected chi connectivity index (χ4v) is 2.59. The number of para-hydroxylation sites is 1. The highest BCUT2D eigenvalue weighted by Crippen LogP contribution is 2.37. The van der Waals surface area contributed by atoms with Gasteiger partial charge in [-0.15, -0.1) is 0 Å². The quantitative estimate of drug-likeness (QED) is 0.631. The minimum absolute atomic E-state index is 0.918. The van der Waals surface area contributed by atoms with Gasteiger partial charge in [0.05, 0.1) is 7.11 Å². The molecule has 0 bridgehead atoms. The zero-order chi connectivity index (χ0) is 13.2. The van der Waals surface area contributed by atoms with Gasteiger partial charge in [-0.05, 0) is 34.9 Å². The molecule has 3 aromatic carbocycles. The third-order valence-electron chi connectivity index (χ3n) is 3.51. The first-order chi connectivity index (χ1) is 9.31. The van der Waals surface area contributed by atoms with Gasteiger partial charge in [0, 0.05) is 5.56 Å². The lowest BCUT2D eigenvalue weighted by atomic mass is 9.93. The lowest BCUT2D eigenvalue weighted by molar-refractivity contribution is 0.416. The Bertz CT molecular complexity index is 729. The molecule has 0 saturated carbocycles. The third-order valence-corrected chi connectivity index (χ3v) is 3.51. The molecule has 0 heterocycles. The van der Waals surface area contributed by atoms with Crippen molar-refractivity contribution in [2.24, 2.45) is 0 Å². The van der Waals surface area contributed by atoms with Crippen LogP contribution in [0.5, 0.6) is 5.75 Å². The van der Waals surface area contributed by atoms with Gasteiger partial charge in [0.2, 0.25) is 0 Å². The number of rotatable bonds is 2. The van der Waals surface area contributed by atoms with Crippen LogP contribution in [0.2, 0.25) is 0 Å². The number of hydrogen-bond acceptors (Lipinski definition) is 1. The molecule has 3 aromatic rings. The van der Waals surface area contributed by atoms with Crippen LogP contribution in [-0.2, 0) is 0 Å². The van der Waals surface area contributed by atoms with Gasteiger partial charge in [-0.2, -0.15) is 0 Å². The SMILES string of the molecule is COc1ccccc1-c1c(C)ccc2ccccc12. The molecule has 0 aromatic heterocycles. The van der Waals surface area contributed by atoms with Crippen molar-refractivity contribution in [3.05, 3.63) is 66.2 Å². The van der Waals surface area contributed by atoms with Crippen LogP contribution >= 0.6 is 0 Å². The molecule has 0 fully saturated rings. The summed E-state index contributed by atoms with van der Waals surface area (Å²) in [6.07, 6.45) is 0. The van der Waals surface area contributed by atoms with E-state index in [0.717, 1.165) is 11.3 Å². The van der Waals surface area contributed by atoms with E-state index in [2.05, 4.69) is 55.5 Å². The Kier molecular flexibility index (Phi) is 2.96. The van der Waals surface area contributed by atoms with Crippen molar-refractivity contribution in [1.82, 2.24) is 0 Å². The number of aryl methyl sites for hydroxylation is 1. The minimum atomic E-state index is 0.918. The van der Waals surface area contributed by atoms with Crippen LogP contribution in [0.3, 0.4) is 0 Å². The van der Waals surface area contributed by atoms with Gasteiger partial charge in [0.25, 0.3) is 0 Å². The molecule has 1 heteroatoms. The maximum absolute atomic E-state index is 5.50. The molecule has 0 radical (unpaired) electrons. The van der Waals surface area contributed by atoms with E-state index in [0.29, 0.717) is 0 Å². The summed E-state index contributed by atoms with van der Waals surface area (Å²) in [6, 6.07) is 21.0. The number of methoxy groups -OCH3 is 1. The highest BCUT2D eigenvalue weighted by molar-refractivity contribution is 5.99. The van der Waals surface area contributed by atoms with Crippen LogP contribution in [0, 0.1) is 6.92 Å². The molecule has 94 valence electrons. The lowest BCUT2D eigenvalue weighted by Crippen LogP contribution is -1.91. The summed E-state index contributed by atoms with van der Waals surface area (Å²) in [5.41, 5.74) is 3.68. The van der Waals surface area contributed by atoms with E-state index in [4.69, 9.17) is 4.74 Å². The predicted molar refractivity (Wildman–Crippen MR) is 80.7 cm³/mol. The van der Waals surface area contributed by atoms with Gasteiger partial charge in [0.1, 0.15) is 5.75 Å². The maximum atomic E-state index is 5.50. The maximum Gasteiger partial charge on any atom is 0.126 e. The summed E-state index contributed by atoms with van der Waals surface area (Å²) >= 11 is 0. The largest absolute Gasteiger partial charge is 0.496 e. The minimum Gasteiger partial charge on any atom is -0.496 e. The van der Waals surface area contributed by atoms with Crippen molar-refractivity contribution < 1.29 is 4.74 Å². The van der Waals surface area contributed by atoms with E-state index >= 15 is 0 Å². The zero-order valence-corrected chi connectivity index (χ0v) is 11.2. The van der Waals surface area contributed by atoms with Crippen LogP contribution in [0.4, 0.5) is 0 Å². The number of benzene rings is 3. The Hall–Kier alpha value is -2.28. The molecule has 0 spiro atoms. The van der Waals surface area contributed by atoms with Gasteiger partial charge in [-0.25, -0.2) is 0 Å². The van der Waals surface area contributed by atoms with Gasteiger partial charge in [-0.3, -0.25) is 0 Å². The van der Waals surface area contributed by atoms with Gasteiger partial charge < -0.3 is 4.74 Å². The number of fused-ring (bicyclic) bond motifs is 1. The molecule has 0 aliphatic heterocycles. The fourth-order valence-electron chi connectivity index (χ4n) is 2.59. The predicted octanol–water partition coefficient (Wildman–Crippen LogP) is 4.82. The Morgan fingerprint density at radius 1 is 0.789 bits per heavy atom. The molecule has 0 atom stereocenters. The molecule has 3 rings (SSSR count). The van der Waals surface area contributed by atoms with Crippen molar-refractivity contribution in [3.8, 4) is 16.9 Å². The van der Waals surface area contributed by atoms with Gasteiger partial charge in [-0.1, -0.05) is 54.6 Å². The van der Waals surface area contributed by atoms with Crippen molar-refractivity contribution in [2.45, 2.75) is 6.92 Å². The Balaban J connectivity index is 2.38. The zero-order valence-electron chi connectivity index (χ0n) is 11.2. The Morgan fingerprint density at radius 2 is 1.53 bits per heavy atom. The van der Waals surface area contributed by atoms with Crippen molar-refractivity contribution in [3.63, 3.8) is 0 Å². The van der Waals surface area contributed by atoms with Gasteiger partial charge >= 0.3 is 0 Å². The standard InChI is InChI=1S/C18H16O/c1-13-11-12-14-7-3-4-8-15(14)18(13)16-9-5-6-10-17(16)19-2/h3-12H,1-2H3. The first-order valence-corrected chi connectivity index (χ1v) is 6.43. The van der Waals surface area contributed by atoms with Crippen LogP contribution in [0.1, 0.15) is 5.56 Å². The van der Waals surface area contributed by atoms with Gasteiger partial charge in [0.15, 0.2) is 0 Å². The smallest absolute Gasteiger partial charge is 0.126 e. The molecule has 0 N–H and O–H groups in total. The van der Waals surface area contributed by atoms with E-state index in [1.807, 2.05) is 12.1 Å². The first-order valence-electron chi connectivity index (χ1n) is 6.43. The Labute approximate surface area is 113 Å². The first kappa shape index (κ1) is 11.8. The second-order valence-electron chi connectivity index (χ2n) is 4.68. The summed E-state index contributed by atoms with van der Waals surface area (Å²) < 4.78 is 5.50. The van der Waals surface area contributed by atoms with Crippen LogP contribution in [-0.4, -0.2) is 7.11 Å². The van der Waals surface area contributed by atoms with E-state index in [9.17, 15) is 0 Å². The summed E-state index contributed by atoms with van der Waals surface area (Å²) in [5, 5.41) is 2.53. The second kappa shape index (κ2) is 4.77. The number of ether oxygens (including phenoxy) is 1. The highest BCUT2D eigenvalue weighted by atomic mass is 16.5. The molecule has 19 heavy (non-hydrogen) atoms. The fraction of sp³-hybridized carbons (Fsp3) is 0.111. The second-order valence-corrected chi connectivity index (χ2v) is 4.68. The summed E-state index contributed by atoms with van der Waals surface area (Å²) in [5.74, 6) is 0.918. The van der Waals surface area contributed by atoms with Crippen molar-refractivity contribution in [2.75, 3.05) is 7.11 Å². The van der Waals surface area contributed by atoms with Crippen LogP contribution in [0.15, 0.2) is 60.7 Å². The molecule has 0 amide bonds. The summed E-state index contributed by atoms with van der Waals surface area (Å²) in [6.45, 7) is 2.15. The molecule has 1 nitrogen and oxygen atoms in total. The third kappa shape index (κ3) is 1.97. The normalized spacial score (nSPS) is 10.6. The summed E-state index contributed by atoms with van der Waals surface area (Å²) in [4.78, 5) is 0. The topological polar surface area (TPSA) is 9.23 Å². The monoisotopic (exact) mass is 248 g/mol.